The fourth-order valence-corrected chi connectivity index (χ4v) is 4.37. The predicted molar refractivity (Wildman–Crippen MR) is 124 cm³/mol. The number of rotatable bonds is 6. The zero-order valence-electron chi connectivity index (χ0n) is 18.8. The van der Waals surface area contributed by atoms with Crippen LogP contribution in [0, 0.1) is 5.82 Å². The molecule has 2 aromatic heterocycles. The fourth-order valence-electron chi connectivity index (χ4n) is 4.37. The Morgan fingerprint density at radius 2 is 2.09 bits per heavy atom. The quantitative estimate of drug-likeness (QED) is 0.429. The second-order valence-electron chi connectivity index (χ2n) is 8.35. The maximum absolute atomic E-state index is 14.1. The Bertz CT molecular complexity index is 1300. The van der Waals surface area contributed by atoms with Gasteiger partial charge in [0, 0.05) is 18.5 Å². The van der Waals surface area contributed by atoms with Crippen LogP contribution in [0.2, 0.25) is 0 Å². The molecule has 1 N–H and O–H groups in total. The summed E-state index contributed by atoms with van der Waals surface area (Å²) in [6, 6.07) is 15.5. The summed E-state index contributed by atoms with van der Waals surface area (Å²) in [7, 11) is 1.64. The number of halogens is 1. The number of hydrogen-bond acceptors (Lipinski definition) is 5. The Morgan fingerprint density at radius 3 is 2.94 bits per heavy atom. The number of carbonyl (C=O) groups excluding carboxylic acids is 1. The lowest BCUT2D eigenvalue weighted by atomic mass is 10.0. The number of oxazole rings is 1. The number of nitrogens with one attached hydrogen (secondary N) is 1. The van der Waals surface area contributed by atoms with Crippen molar-refractivity contribution < 1.29 is 18.3 Å². The SMILES string of the molecule is COc1cccc(Cc2cnc([C@H]3CCCCN3C(=O)c3cc(-c4ccccc4F)n[nH]3)o2)c1. The average molecular weight is 461 g/mol. The van der Waals surface area contributed by atoms with Crippen LogP contribution in [0.1, 0.15) is 53.0 Å². The van der Waals surface area contributed by atoms with Gasteiger partial charge in [0.05, 0.1) is 19.0 Å². The van der Waals surface area contributed by atoms with Crippen molar-refractivity contribution in [3.63, 3.8) is 0 Å². The first-order chi connectivity index (χ1) is 16.6. The molecule has 8 heteroatoms. The Labute approximate surface area is 196 Å². The van der Waals surface area contributed by atoms with Crippen molar-refractivity contribution >= 4 is 5.91 Å². The largest absolute Gasteiger partial charge is 0.497 e. The molecule has 1 aliphatic heterocycles. The van der Waals surface area contributed by atoms with E-state index < -0.39 is 0 Å². The number of benzene rings is 2. The molecule has 3 heterocycles. The number of H-pyrrole nitrogens is 1. The van der Waals surface area contributed by atoms with Gasteiger partial charge in [0.1, 0.15) is 29.1 Å². The molecule has 174 valence electrons. The molecule has 0 bridgehead atoms. The van der Waals surface area contributed by atoms with E-state index in [2.05, 4.69) is 15.2 Å². The summed E-state index contributed by atoms with van der Waals surface area (Å²) in [6.45, 7) is 0.588. The third kappa shape index (κ3) is 4.44. The van der Waals surface area contributed by atoms with Gasteiger partial charge in [0.25, 0.3) is 5.91 Å². The lowest BCUT2D eigenvalue weighted by Gasteiger charge is -2.33. The predicted octanol–water partition coefficient (Wildman–Crippen LogP) is 5.17. The van der Waals surface area contributed by atoms with Gasteiger partial charge in [0.15, 0.2) is 0 Å². The Hall–Kier alpha value is -3.94. The highest BCUT2D eigenvalue weighted by Crippen LogP contribution is 2.33. The number of ether oxygens (including phenoxy) is 1. The first kappa shape index (κ1) is 21.9. The van der Waals surface area contributed by atoms with Crippen LogP contribution in [0.4, 0.5) is 4.39 Å². The molecule has 1 atom stereocenters. The van der Waals surface area contributed by atoms with Crippen molar-refractivity contribution in [1.82, 2.24) is 20.1 Å². The van der Waals surface area contributed by atoms with Crippen LogP contribution in [0.25, 0.3) is 11.3 Å². The van der Waals surface area contributed by atoms with Gasteiger partial charge >= 0.3 is 0 Å². The fraction of sp³-hybridized carbons (Fsp3) is 0.269. The number of likely N-dealkylation sites (tertiary alicyclic amines) is 1. The zero-order chi connectivity index (χ0) is 23.5. The molecule has 2 aromatic carbocycles. The van der Waals surface area contributed by atoms with Crippen molar-refractivity contribution in [3.8, 4) is 17.0 Å². The van der Waals surface area contributed by atoms with Gasteiger partial charge < -0.3 is 14.1 Å². The minimum absolute atomic E-state index is 0.202. The summed E-state index contributed by atoms with van der Waals surface area (Å²) < 4.78 is 25.5. The van der Waals surface area contributed by atoms with Crippen molar-refractivity contribution in [1.29, 1.82) is 0 Å². The molecule has 0 unspecified atom stereocenters. The van der Waals surface area contributed by atoms with Gasteiger partial charge in [-0.15, -0.1) is 0 Å². The summed E-state index contributed by atoms with van der Waals surface area (Å²) in [5, 5.41) is 6.94. The molecule has 1 aliphatic rings. The summed E-state index contributed by atoms with van der Waals surface area (Å²) >= 11 is 0. The van der Waals surface area contributed by atoms with E-state index in [9.17, 15) is 9.18 Å². The molecule has 34 heavy (non-hydrogen) atoms. The van der Waals surface area contributed by atoms with Gasteiger partial charge in [-0.1, -0.05) is 24.3 Å². The Morgan fingerprint density at radius 1 is 1.21 bits per heavy atom. The molecular formula is C26H25FN4O3. The van der Waals surface area contributed by atoms with Crippen LogP contribution >= 0.6 is 0 Å². The molecule has 1 fully saturated rings. The van der Waals surface area contributed by atoms with Crippen molar-refractivity contribution in [3.05, 3.63) is 89.5 Å². The van der Waals surface area contributed by atoms with E-state index in [0.29, 0.717) is 35.8 Å². The van der Waals surface area contributed by atoms with Gasteiger partial charge in [-0.05, 0) is 55.2 Å². The van der Waals surface area contributed by atoms with Gasteiger partial charge in [-0.2, -0.15) is 5.10 Å². The van der Waals surface area contributed by atoms with Crippen molar-refractivity contribution in [2.75, 3.05) is 13.7 Å². The van der Waals surface area contributed by atoms with Crippen LogP contribution in [0.15, 0.2) is 65.2 Å². The van der Waals surface area contributed by atoms with Gasteiger partial charge in [-0.25, -0.2) is 9.37 Å². The molecule has 7 nitrogen and oxygen atoms in total. The topological polar surface area (TPSA) is 84.2 Å². The van der Waals surface area contributed by atoms with Crippen LogP contribution in [-0.2, 0) is 6.42 Å². The van der Waals surface area contributed by atoms with Crippen molar-refractivity contribution in [2.24, 2.45) is 0 Å². The van der Waals surface area contributed by atoms with Crippen LogP contribution < -0.4 is 4.74 Å². The first-order valence-electron chi connectivity index (χ1n) is 11.3. The van der Waals surface area contributed by atoms with Crippen LogP contribution in [0.3, 0.4) is 0 Å². The number of amides is 1. The second kappa shape index (κ2) is 9.51. The van der Waals surface area contributed by atoms with E-state index in [1.165, 1.54) is 6.07 Å². The highest BCUT2D eigenvalue weighted by molar-refractivity contribution is 5.93. The summed E-state index contributed by atoms with van der Waals surface area (Å²) in [5.41, 5.74) is 2.11. The van der Waals surface area contributed by atoms with Crippen LogP contribution in [-0.4, -0.2) is 39.6 Å². The third-order valence-electron chi connectivity index (χ3n) is 6.09. The number of methoxy groups -OCH3 is 1. The maximum Gasteiger partial charge on any atom is 0.272 e. The highest BCUT2D eigenvalue weighted by Gasteiger charge is 2.33. The van der Waals surface area contributed by atoms with E-state index >= 15 is 0 Å². The van der Waals surface area contributed by atoms with E-state index in [0.717, 1.165) is 36.3 Å². The number of nitrogens with zero attached hydrogens (tertiary/aromatic N) is 3. The van der Waals surface area contributed by atoms with Gasteiger partial charge in [-0.3, -0.25) is 9.89 Å². The van der Waals surface area contributed by atoms with E-state index in [-0.39, 0.29) is 17.8 Å². The second-order valence-corrected chi connectivity index (χ2v) is 8.35. The molecule has 5 rings (SSSR count). The standard InChI is InChI=1S/C26H25FN4O3/c1-33-18-8-6-7-17(13-18)14-19-16-28-25(34-19)24-11-4-5-12-31(24)26(32)23-15-22(29-30-23)20-9-2-3-10-21(20)27/h2-3,6-10,13,15-16,24H,4-5,11-12,14H2,1H3,(H,29,30)/t24-/m1/s1. The Kier molecular flexibility index (Phi) is 6.12. The number of carbonyl (C=O) groups is 1. The zero-order valence-corrected chi connectivity index (χ0v) is 18.8. The smallest absolute Gasteiger partial charge is 0.272 e. The van der Waals surface area contributed by atoms with Gasteiger partial charge in [0.2, 0.25) is 5.89 Å². The van der Waals surface area contributed by atoms with E-state index in [1.54, 1.807) is 42.5 Å². The van der Waals surface area contributed by atoms with Crippen molar-refractivity contribution in [2.45, 2.75) is 31.7 Å². The van der Waals surface area contributed by atoms with E-state index in [4.69, 9.17) is 9.15 Å². The first-order valence-corrected chi connectivity index (χ1v) is 11.3. The summed E-state index contributed by atoms with van der Waals surface area (Å²) in [5.74, 6) is 1.46. The number of piperidine rings is 1. The highest BCUT2D eigenvalue weighted by atomic mass is 19.1. The monoisotopic (exact) mass is 460 g/mol. The molecule has 0 radical (unpaired) electrons. The summed E-state index contributed by atoms with van der Waals surface area (Å²) in [6.07, 6.45) is 4.94. The molecular weight excluding hydrogens is 435 g/mol. The Balaban J connectivity index is 1.35. The molecule has 0 aliphatic carbocycles. The normalized spacial score (nSPS) is 15.9. The lowest BCUT2D eigenvalue weighted by molar-refractivity contribution is 0.0564. The number of aromatic nitrogens is 3. The minimum Gasteiger partial charge on any atom is -0.497 e. The molecule has 1 amide bonds. The molecule has 1 saturated heterocycles. The number of aromatic amines is 1. The molecule has 4 aromatic rings. The average Bonchev–Trinajstić information content (AvgIpc) is 3.54. The summed E-state index contributed by atoms with van der Waals surface area (Å²) in [4.78, 5) is 19.6. The maximum atomic E-state index is 14.1. The van der Waals surface area contributed by atoms with Crippen LogP contribution in [0.5, 0.6) is 5.75 Å². The molecule has 0 spiro atoms. The minimum atomic E-state index is -0.382. The third-order valence-corrected chi connectivity index (χ3v) is 6.09. The molecule has 0 saturated carbocycles. The van der Waals surface area contributed by atoms with E-state index in [1.807, 2.05) is 24.3 Å². The lowest BCUT2D eigenvalue weighted by Crippen LogP contribution is -2.38. The number of hydrogen-bond donors (Lipinski definition) is 1.